The molecule has 0 aliphatic heterocycles. The predicted molar refractivity (Wildman–Crippen MR) is 114 cm³/mol. The van der Waals surface area contributed by atoms with Crippen LogP contribution in [0.3, 0.4) is 0 Å². The van der Waals surface area contributed by atoms with E-state index in [0.29, 0.717) is 5.52 Å². The van der Waals surface area contributed by atoms with Crippen molar-refractivity contribution in [3.63, 3.8) is 0 Å². The van der Waals surface area contributed by atoms with E-state index in [-0.39, 0.29) is 15.7 Å². The number of pyridine rings is 1. The first-order valence-electron chi connectivity index (χ1n) is 8.84. The van der Waals surface area contributed by atoms with Crippen LogP contribution in [-0.2, 0) is 26.9 Å². The van der Waals surface area contributed by atoms with Crippen molar-refractivity contribution >= 4 is 36.6 Å². The molecule has 0 saturated heterocycles. The summed E-state index contributed by atoms with van der Waals surface area (Å²) >= 11 is 0. The van der Waals surface area contributed by atoms with Crippen LogP contribution in [0.4, 0.5) is 5.82 Å². The van der Waals surface area contributed by atoms with Crippen molar-refractivity contribution in [1.82, 2.24) is 14.5 Å². The Kier molecular flexibility index (Phi) is 4.83. The number of rotatable bonds is 5. The molecule has 4 aromatic rings. The number of benzene rings is 2. The topological polar surface area (TPSA) is 111 Å². The number of fused-ring (bicyclic) bond motifs is 1. The third-order valence-corrected chi connectivity index (χ3v) is 6.83. The Balaban J connectivity index is 1.66. The first kappa shape index (κ1) is 20.0. The molecule has 2 aromatic carbocycles. The molecule has 154 valence electrons. The Bertz CT molecular complexity index is 1480. The highest BCUT2D eigenvalue weighted by Crippen LogP contribution is 2.27. The van der Waals surface area contributed by atoms with Crippen molar-refractivity contribution in [2.24, 2.45) is 7.05 Å². The number of sulfonamides is 1. The molecule has 0 unspecified atom stereocenters. The molecule has 4 rings (SSSR count). The van der Waals surface area contributed by atoms with Crippen molar-refractivity contribution in [2.45, 2.75) is 9.92 Å². The first-order chi connectivity index (χ1) is 14.1. The van der Waals surface area contributed by atoms with Gasteiger partial charge in [-0.2, -0.15) is 8.42 Å². The maximum atomic E-state index is 12.4. The molecule has 0 aliphatic rings. The summed E-state index contributed by atoms with van der Waals surface area (Å²) in [5.74, 6) is 0.181. The Labute approximate surface area is 174 Å². The highest BCUT2D eigenvalue weighted by atomic mass is 32.2. The fourth-order valence-corrected chi connectivity index (χ4v) is 4.64. The molecule has 1 N–H and O–H groups in total. The summed E-state index contributed by atoms with van der Waals surface area (Å²) in [6.07, 6.45) is 3.98. The van der Waals surface area contributed by atoms with Gasteiger partial charge in [0.25, 0.3) is 10.0 Å². The van der Waals surface area contributed by atoms with Gasteiger partial charge < -0.3 is 4.57 Å². The minimum absolute atomic E-state index is 0.0898. The average Bonchev–Trinajstić information content (AvgIpc) is 3.14. The zero-order chi connectivity index (χ0) is 21.5. The third-order valence-electron chi connectivity index (χ3n) is 4.48. The standard InChI is InChI=1S/C20H18N4O4S2/c1-24-12-20(21-13-24)30(27,28)23-19-9-7-16-10-15(6-8-18(16)22-19)14-4-3-5-17(11-14)29(2,25)26/h3-13H,1-2H3,(H,22,23). The van der Waals surface area contributed by atoms with E-state index in [2.05, 4.69) is 14.7 Å². The van der Waals surface area contributed by atoms with Gasteiger partial charge in [-0.1, -0.05) is 18.2 Å². The monoisotopic (exact) mass is 442 g/mol. The lowest BCUT2D eigenvalue weighted by Gasteiger charge is -2.08. The molecule has 2 heterocycles. The molecule has 0 saturated carbocycles. The van der Waals surface area contributed by atoms with E-state index in [4.69, 9.17) is 0 Å². The fraction of sp³-hybridized carbons (Fsp3) is 0.100. The summed E-state index contributed by atoms with van der Waals surface area (Å²) in [4.78, 5) is 8.47. The van der Waals surface area contributed by atoms with Crippen molar-refractivity contribution < 1.29 is 16.8 Å². The molecule has 0 radical (unpaired) electrons. The van der Waals surface area contributed by atoms with Crippen LogP contribution in [-0.4, -0.2) is 37.6 Å². The zero-order valence-electron chi connectivity index (χ0n) is 16.1. The molecule has 10 heteroatoms. The van der Waals surface area contributed by atoms with Crippen LogP contribution in [0.5, 0.6) is 0 Å². The summed E-state index contributed by atoms with van der Waals surface area (Å²) in [7, 11) is -5.45. The summed E-state index contributed by atoms with van der Waals surface area (Å²) in [6, 6.07) is 15.5. The fourth-order valence-electron chi connectivity index (χ4n) is 2.99. The first-order valence-corrected chi connectivity index (χ1v) is 12.2. The van der Waals surface area contributed by atoms with E-state index >= 15 is 0 Å². The normalized spacial score (nSPS) is 12.2. The van der Waals surface area contributed by atoms with Crippen molar-refractivity contribution in [1.29, 1.82) is 0 Å². The molecule has 0 atom stereocenters. The van der Waals surface area contributed by atoms with E-state index in [1.54, 1.807) is 48.0 Å². The summed E-state index contributed by atoms with van der Waals surface area (Å²) in [6.45, 7) is 0. The number of aromatic nitrogens is 3. The molecule has 0 spiro atoms. The Hall–Kier alpha value is -3.24. The molecular weight excluding hydrogens is 424 g/mol. The van der Waals surface area contributed by atoms with E-state index < -0.39 is 19.9 Å². The van der Waals surface area contributed by atoms with E-state index in [1.165, 1.54) is 18.8 Å². The Morgan fingerprint density at radius 1 is 0.933 bits per heavy atom. The lowest BCUT2D eigenvalue weighted by Crippen LogP contribution is -2.14. The summed E-state index contributed by atoms with van der Waals surface area (Å²) in [5, 5.41) is 0.700. The molecule has 30 heavy (non-hydrogen) atoms. The average molecular weight is 443 g/mol. The number of nitrogens with zero attached hydrogens (tertiary/aromatic N) is 3. The maximum absolute atomic E-state index is 12.4. The van der Waals surface area contributed by atoms with Gasteiger partial charge in [0.05, 0.1) is 16.7 Å². The van der Waals surface area contributed by atoms with Crippen LogP contribution in [0, 0.1) is 0 Å². The van der Waals surface area contributed by atoms with Crippen LogP contribution >= 0.6 is 0 Å². The summed E-state index contributed by atoms with van der Waals surface area (Å²) in [5.41, 5.74) is 2.19. The molecule has 8 nitrogen and oxygen atoms in total. The third kappa shape index (κ3) is 4.05. The minimum Gasteiger partial charge on any atom is -0.339 e. The number of hydrogen-bond donors (Lipinski definition) is 1. The van der Waals surface area contributed by atoms with Gasteiger partial charge in [0.2, 0.25) is 0 Å². The van der Waals surface area contributed by atoms with Crippen LogP contribution in [0.2, 0.25) is 0 Å². The molecule has 0 bridgehead atoms. The molecule has 0 fully saturated rings. The van der Waals surface area contributed by atoms with E-state index in [1.807, 2.05) is 18.2 Å². The molecular formula is C20H18N4O4S2. The van der Waals surface area contributed by atoms with Gasteiger partial charge in [0.15, 0.2) is 14.9 Å². The maximum Gasteiger partial charge on any atom is 0.282 e. The number of imidazole rings is 1. The number of aryl methyl sites for hydroxylation is 1. The number of sulfone groups is 1. The zero-order valence-corrected chi connectivity index (χ0v) is 17.8. The van der Waals surface area contributed by atoms with Crippen LogP contribution in [0.25, 0.3) is 22.0 Å². The van der Waals surface area contributed by atoms with Gasteiger partial charge in [0, 0.05) is 24.9 Å². The van der Waals surface area contributed by atoms with Crippen LogP contribution in [0.15, 0.2) is 77.0 Å². The molecule has 2 aromatic heterocycles. The van der Waals surface area contributed by atoms with Crippen molar-refractivity contribution in [2.75, 3.05) is 11.0 Å². The highest BCUT2D eigenvalue weighted by molar-refractivity contribution is 7.92. The van der Waals surface area contributed by atoms with Crippen LogP contribution < -0.4 is 4.72 Å². The molecule has 0 amide bonds. The van der Waals surface area contributed by atoms with Gasteiger partial charge in [0.1, 0.15) is 5.82 Å². The second kappa shape index (κ2) is 7.22. The predicted octanol–water partition coefficient (Wildman–Crippen LogP) is 2.84. The Morgan fingerprint density at radius 3 is 2.40 bits per heavy atom. The highest BCUT2D eigenvalue weighted by Gasteiger charge is 2.18. The number of hydrogen-bond acceptors (Lipinski definition) is 6. The smallest absolute Gasteiger partial charge is 0.282 e. The van der Waals surface area contributed by atoms with Gasteiger partial charge in [-0.25, -0.2) is 18.4 Å². The second-order valence-corrected chi connectivity index (χ2v) is 10.5. The van der Waals surface area contributed by atoms with Gasteiger partial charge >= 0.3 is 0 Å². The quantitative estimate of drug-likeness (QED) is 0.509. The SMILES string of the molecule is Cn1cnc(S(=O)(=O)Nc2ccc3cc(-c4cccc(S(C)(=O)=O)c4)ccc3n2)c1. The van der Waals surface area contributed by atoms with E-state index in [0.717, 1.165) is 16.5 Å². The lowest BCUT2D eigenvalue weighted by molar-refractivity contribution is 0.597. The second-order valence-electron chi connectivity index (χ2n) is 6.89. The summed E-state index contributed by atoms with van der Waals surface area (Å²) < 4.78 is 52.5. The van der Waals surface area contributed by atoms with Gasteiger partial charge in [-0.15, -0.1) is 0 Å². The number of nitrogens with one attached hydrogen (secondary N) is 1. The van der Waals surface area contributed by atoms with Gasteiger partial charge in [-0.05, 0) is 47.5 Å². The van der Waals surface area contributed by atoms with Crippen molar-refractivity contribution in [3.8, 4) is 11.1 Å². The van der Waals surface area contributed by atoms with E-state index in [9.17, 15) is 16.8 Å². The molecule has 0 aliphatic carbocycles. The lowest BCUT2D eigenvalue weighted by atomic mass is 10.0. The largest absolute Gasteiger partial charge is 0.339 e. The van der Waals surface area contributed by atoms with Gasteiger partial charge in [-0.3, -0.25) is 4.72 Å². The minimum atomic E-state index is -3.83. The van der Waals surface area contributed by atoms with Crippen molar-refractivity contribution in [3.05, 3.63) is 67.1 Å². The Morgan fingerprint density at radius 2 is 1.70 bits per heavy atom. The van der Waals surface area contributed by atoms with Crippen LogP contribution in [0.1, 0.15) is 0 Å². The number of anilines is 1.